The maximum Gasteiger partial charge on any atom is 0.320 e. The van der Waals surface area contributed by atoms with Crippen LogP contribution in [0.4, 0.5) is 10.5 Å². The van der Waals surface area contributed by atoms with Crippen molar-refractivity contribution in [1.82, 2.24) is 5.32 Å². The summed E-state index contributed by atoms with van der Waals surface area (Å²) in [6.07, 6.45) is 0.832. The molecule has 0 unspecified atom stereocenters. The maximum atomic E-state index is 12.7. The first-order chi connectivity index (χ1) is 12.6. The van der Waals surface area contributed by atoms with Crippen molar-refractivity contribution in [1.29, 1.82) is 0 Å². The molecule has 0 bridgehead atoms. The van der Waals surface area contributed by atoms with E-state index < -0.39 is 5.54 Å². The molecule has 2 N–H and O–H groups in total. The Labute approximate surface area is 161 Å². The molecule has 0 aromatic heterocycles. The molecule has 2 aromatic rings. The number of anilines is 1. The highest BCUT2D eigenvalue weighted by atomic mass is 16.5. The number of rotatable bonds is 4. The van der Waals surface area contributed by atoms with Gasteiger partial charge in [0.1, 0.15) is 11.4 Å². The molecule has 4 heteroatoms. The first-order valence-corrected chi connectivity index (χ1v) is 9.24. The van der Waals surface area contributed by atoms with Crippen molar-refractivity contribution in [3.05, 3.63) is 65.7 Å². The van der Waals surface area contributed by atoms with Crippen LogP contribution in [0.5, 0.6) is 5.75 Å². The van der Waals surface area contributed by atoms with Gasteiger partial charge in [-0.1, -0.05) is 42.5 Å². The van der Waals surface area contributed by atoms with E-state index in [2.05, 4.69) is 37.1 Å². The number of amides is 2. The van der Waals surface area contributed by atoms with E-state index in [1.807, 2.05) is 57.2 Å². The summed E-state index contributed by atoms with van der Waals surface area (Å²) >= 11 is 0. The molecule has 1 aliphatic heterocycles. The summed E-state index contributed by atoms with van der Waals surface area (Å²) in [5, 5.41) is 6.01. The van der Waals surface area contributed by atoms with E-state index in [-0.39, 0.29) is 11.6 Å². The average molecular weight is 364 g/mol. The topological polar surface area (TPSA) is 50.4 Å². The molecule has 0 saturated heterocycles. The average Bonchev–Trinajstić information content (AvgIpc) is 2.89. The van der Waals surface area contributed by atoms with Gasteiger partial charge >= 0.3 is 6.03 Å². The minimum absolute atomic E-state index is 0.251. The van der Waals surface area contributed by atoms with Crippen LogP contribution in [-0.4, -0.2) is 11.6 Å². The standard InChI is InChI=1S/C23H28N2O2/c1-15(2)16-9-7-11-18(13-16)23(5,6)25-21(26)24-19-12-8-10-17-14-22(3,4)27-20(17)19/h7-13H,1,14H2,2-6H3,(H2,24,25,26). The van der Waals surface area contributed by atoms with E-state index in [9.17, 15) is 4.79 Å². The monoisotopic (exact) mass is 364 g/mol. The Balaban J connectivity index is 1.76. The van der Waals surface area contributed by atoms with Crippen molar-refractivity contribution in [2.45, 2.75) is 52.2 Å². The van der Waals surface area contributed by atoms with Gasteiger partial charge in [-0.3, -0.25) is 0 Å². The molecule has 2 aromatic carbocycles. The fourth-order valence-corrected chi connectivity index (χ4v) is 3.40. The number of allylic oxidation sites excluding steroid dienone is 1. The zero-order valence-electron chi connectivity index (χ0n) is 16.8. The van der Waals surface area contributed by atoms with Gasteiger partial charge in [0.15, 0.2) is 0 Å². The highest BCUT2D eigenvalue weighted by molar-refractivity contribution is 5.92. The second kappa shape index (κ2) is 6.76. The fraction of sp³-hybridized carbons (Fsp3) is 0.348. The van der Waals surface area contributed by atoms with Crippen molar-refractivity contribution < 1.29 is 9.53 Å². The summed E-state index contributed by atoms with van der Waals surface area (Å²) in [5.41, 5.74) is 4.12. The summed E-state index contributed by atoms with van der Waals surface area (Å²) in [6.45, 7) is 14.0. The molecule has 142 valence electrons. The number of nitrogens with one attached hydrogen (secondary N) is 2. The molecule has 0 atom stereocenters. The van der Waals surface area contributed by atoms with Gasteiger partial charge in [-0.25, -0.2) is 4.79 Å². The molecule has 0 radical (unpaired) electrons. The number of hydrogen-bond donors (Lipinski definition) is 2. The molecule has 1 heterocycles. The molecule has 0 aliphatic carbocycles. The van der Waals surface area contributed by atoms with Crippen molar-refractivity contribution >= 4 is 17.3 Å². The molecule has 4 nitrogen and oxygen atoms in total. The van der Waals surface area contributed by atoms with E-state index in [0.29, 0.717) is 5.69 Å². The lowest BCUT2D eigenvalue weighted by Gasteiger charge is -2.28. The number of fused-ring (bicyclic) bond motifs is 1. The van der Waals surface area contributed by atoms with Crippen LogP contribution in [0.3, 0.4) is 0 Å². The van der Waals surface area contributed by atoms with E-state index >= 15 is 0 Å². The number of benzene rings is 2. The van der Waals surface area contributed by atoms with E-state index in [1.54, 1.807) is 0 Å². The third-order valence-corrected chi connectivity index (χ3v) is 4.84. The maximum absolute atomic E-state index is 12.7. The van der Waals surface area contributed by atoms with Crippen molar-refractivity contribution in [2.24, 2.45) is 0 Å². The molecule has 0 fully saturated rings. The lowest BCUT2D eigenvalue weighted by molar-refractivity contribution is 0.139. The Hall–Kier alpha value is -2.75. The Morgan fingerprint density at radius 3 is 2.59 bits per heavy atom. The van der Waals surface area contributed by atoms with E-state index in [1.165, 1.54) is 0 Å². The van der Waals surface area contributed by atoms with Gasteiger partial charge in [0, 0.05) is 12.0 Å². The zero-order chi connectivity index (χ0) is 19.8. The zero-order valence-corrected chi connectivity index (χ0v) is 16.8. The van der Waals surface area contributed by atoms with Crippen LogP contribution in [0.25, 0.3) is 5.57 Å². The normalized spacial score (nSPS) is 14.9. The summed E-state index contributed by atoms with van der Waals surface area (Å²) < 4.78 is 6.03. The fourth-order valence-electron chi connectivity index (χ4n) is 3.40. The first kappa shape index (κ1) is 19.0. The molecule has 1 aliphatic rings. The van der Waals surface area contributed by atoms with Crippen molar-refractivity contribution in [2.75, 3.05) is 5.32 Å². The molecule has 2 amide bonds. The SMILES string of the molecule is C=C(C)c1cccc(C(C)(C)NC(=O)Nc2cccc3c2OC(C)(C)C3)c1. The van der Waals surface area contributed by atoms with Crippen molar-refractivity contribution in [3.8, 4) is 5.75 Å². The second-order valence-corrected chi connectivity index (χ2v) is 8.40. The molecular weight excluding hydrogens is 336 g/mol. The van der Waals surface area contributed by atoms with Gasteiger partial charge < -0.3 is 15.4 Å². The largest absolute Gasteiger partial charge is 0.485 e. The lowest BCUT2D eigenvalue weighted by atomic mass is 9.92. The van der Waals surface area contributed by atoms with Crippen LogP contribution in [0.15, 0.2) is 49.0 Å². The highest BCUT2D eigenvalue weighted by Gasteiger charge is 2.32. The van der Waals surface area contributed by atoms with Crippen LogP contribution >= 0.6 is 0 Å². The van der Waals surface area contributed by atoms with Crippen LogP contribution in [0.2, 0.25) is 0 Å². The van der Waals surface area contributed by atoms with Gasteiger partial charge in [-0.2, -0.15) is 0 Å². The van der Waals surface area contributed by atoms with Crippen LogP contribution in [0, 0.1) is 0 Å². The van der Waals surface area contributed by atoms with Gasteiger partial charge in [0.05, 0.1) is 11.2 Å². The summed E-state index contributed by atoms with van der Waals surface area (Å²) in [7, 11) is 0. The molecular formula is C23H28N2O2. The number of hydrogen-bond acceptors (Lipinski definition) is 2. The molecule has 3 rings (SSSR count). The van der Waals surface area contributed by atoms with E-state index in [0.717, 1.165) is 34.4 Å². The predicted molar refractivity (Wildman–Crippen MR) is 111 cm³/mol. The third-order valence-electron chi connectivity index (χ3n) is 4.84. The highest BCUT2D eigenvalue weighted by Crippen LogP contribution is 2.40. The Morgan fingerprint density at radius 2 is 1.89 bits per heavy atom. The minimum atomic E-state index is -0.534. The Bertz CT molecular complexity index is 897. The number of carbonyl (C=O) groups is 1. The predicted octanol–water partition coefficient (Wildman–Crippen LogP) is 5.49. The van der Waals surface area contributed by atoms with Crippen molar-refractivity contribution in [3.63, 3.8) is 0 Å². The van der Waals surface area contributed by atoms with Crippen LogP contribution < -0.4 is 15.4 Å². The summed E-state index contributed by atoms with van der Waals surface area (Å²) in [6, 6.07) is 13.7. The summed E-state index contributed by atoms with van der Waals surface area (Å²) in [4.78, 5) is 12.7. The quantitative estimate of drug-likeness (QED) is 0.754. The lowest BCUT2D eigenvalue weighted by Crippen LogP contribution is -2.43. The number of ether oxygens (including phenoxy) is 1. The van der Waals surface area contributed by atoms with Gasteiger partial charge in [0.25, 0.3) is 0 Å². The molecule has 0 saturated carbocycles. The minimum Gasteiger partial charge on any atom is -0.485 e. The third kappa shape index (κ3) is 4.16. The number of carbonyl (C=O) groups excluding carboxylic acids is 1. The smallest absolute Gasteiger partial charge is 0.320 e. The molecule has 27 heavy (non-hydrogen) atoms. The summed E-state index contributed by atoms with van der Waals surface area (Å²) in [5.74, 6) is 0.764. The van der Waals surface area contributed by atoms with E-state index in [4.69, 9.17) is 4.74 Å². The number of para-hydroxylation sites is 1. The Morgan fingerprint density at radius 1 is 1.19 bits per heavy atom. The van der Waals surface area contributed by atoms with Gasteiger partial charge in [-0.15, -0.1) is 0 Å². The van der Waals surface area contributed by atoms with Gasteiger partial charge in [-0.05, 0) is 57.9 Å². The van der Waals surface area contributed by atoms with Crippen LogP contribution in [0.1, 0.15) is 51.3 Å². The Kier molecular flexibility index (Phi) is 4.77. The molecule has 0 spiro atoms. The van der Waals surface area contributed by atoms with Gasteiger partial charge in [0.2, 0.25) is 0 Å². The van der Waals surface area contributed by atoms with Crippen LogP contribution in [-0.2, 0) is 12.0 Å². The second-order valence-electron chi connectivity index (χ2n) is 8.40. The first-order valence-electron chi connectivity index (χ1n) is 9.24. The number of urea groups is 1.